The number of aryl methyl sites for hydroxylation is 3. The number of rotatable bonds is 4. The van der Waals surface area contributed by atoms with E-state index in [0.29, 0.717) is 22.0 Å². The first-order valence-electron chi connectivity index (χ1n) is 7.13. The van der Waals surface area contributed by atoms with Gasteiger partial charge in [0.1, 0.15) is 10.4 Å². The van der Waals surface area contributed by atoms with Crippen molar-refractivity contribution in [2.24, 2.45) is 5.16 Å². The number of hydrogen-bond acceptors (Lipinski definition) is 8. The first-order chi connectivity index (χ1) is 11.6. The normalized spacial score (nSPS) is 11.1. The zero-order chi connectivity index (χ0) is 17.1. The minimum Gasteiger partial charge on any atom is -0.354 e. The van der Waals surface area contributed by atoms with Crippen LogP contribution in [-0.4, -0.2) is 26.9 Å². The summed E-state index contributed by atoms with van der Waals surface area (Å²) in [5.41, 5.74) is 3.28. The SMILES string of the molecule is Cc1ccc(/C=N\OC(=O)c2c(C)noc2-c2snnc2C)cc1. The second-order valence-corrected chi connectivity index (χ2v) is 5.94. The van der Waals surface area contributed by atoms with Gasteiger partial charge in [-0.3, -0.25) is 0 Å². The lowest BCUT2D eigenvalue weighted by Gasteiger charge is -1.98. The van der Waals surface area contributed by atoms with Crippen LogP contribution < -0.4 is 0 Å². The second kappa shape index (κ2) is 6.71. The Labute approximate surface area is 142 Å². The Morgan fingerprint density at radius 3 is 2.62 bits per heavy atom. The van der Waals surface area contributed by atoms with E-state index in [9.17, 15) is 4.79 Å². The Bertz CT molecular complexity index is 896. The molecule has 2 aromatic heterocycles. The van der Waals surface area contributed by atoms with Crippen LogP contribution in [0.3, 0.4) is 0 Å². The fourth-order valence-corrected chi connectivity index (χ4v) is 2.68. The van der Waals surface area contributed by atoms with E-state index >= 15 is 0 Å². The molecule has 2 heterocycles. The average Bonchev–Trinajstić information content (AvgIpc) is 3.14. The largest absolute Gasteiger partial charge is 0.371 e. The van der Waals surface area contributed by atoms with Crippen molar-refractivity contribution >= 4 is 23.7 Å². The molecule has 8 heteroatoms. The highest BCUT2D eigenvalue weighted by molar-refractivity contribution is 7.09. The van der Waals surface area contributed by atoms with Crippen LogP contribution in [0.25, 0.3) is 10.6 Å². The van der Waals surface area contributed by atoms with Crippen molar-refractivity contribution in [3.05, 3.63) is 52.3 Å². The van der Waals surface area contributed by atoms with Crippen LogP contribution in [0, 0.1) is 20.8 Å². The van der Waals surface area contributed by atoms with Crippen molar-refractivity contribution < 1.29 is 14.2 Å². The third kappa shape index (κ3) is 3.23. The maximum absolute atomic E-state index is 12.3. The molecule has 0 saturated carbocycles. The predicted molar refractivity (Wildman–Crippen MR) is 89.1 cm³/mol. The van der Waals surface area contributed by atoms with Gasteiger partial charge in [-0.15, -0.1) is 5.10 Å². The molecule has 122 valence electrons. The summed E-state index contributed by atoms with van der Waals surface area (Å²) in [5, 5.41) is 11.5. The quantitative estimate of drug-likeness (QED) is 0.410. The van der Waals surface area contributed by atoms with E-state index in [1.165, 1.54) is 6.21 Å². The highest BCUT2D eigenvalue weighted by atomic mass is 32.1. The summed E-state index contributed by atoms with van der Waals surface area (Å²) in [6.45, 7) is 5.44. The van der Waals surface area contributed by atoms with Crippen LogP contribution in [0.15, 0.2) is 33.9 Å². The van der Waals surface area contributed by atoms with E-state index in [1.54, 1.807) is 13.8 Å². The van der Waals surface area contributed by atoms with Crippen LogP contribution in [-0.2, 0) is 4.84 Å². The standard InChI is InChI=1S/C16H14N4O3S/c1-9-4-6-12(7-5-9)8-17-23-16(21)13-10(2)19-22-14(13)15-11(3)18-20-24-15/h4-8H,1-3H3/b17-8-. The van der Waals surface area contributed by atoms with Gasteiger partial charge < -0.3 is 9.36 Å². The molecule has 0 N–H and O–H groups in total. The first-order valence-corrected chi connectivity index (χ1v) is 7.90. The Hall–Kier alpha value is -2.87. The number of hydrogen-bond donors (Lipinski definition) is 0. The van der Waals surface area contributed by atoms with Crippen LogP contribution in [0.4, 0.5) is 0 Å². The zero-order valence-electron chi connectivity index (χ0n) is 13.3. The van der Waals surface area contributed by atoms with Gasteiger partial charge in [0.05, 0.1) is 17.6 Å². The molecule has 0 aliphatic heterocycles. The summed E-state index contributed by atoms with van der Waals surface area (Å²) in [6.07, 6.45) is 1.47. The first kappa shape index (κ1) is 16.0. The van der Waals surface area contributed by atoms with Gasteiger partial charge in [0.25, 0.3) is 0 Å². The van der Waals surface area contributed by atoms with E-state index in [2.05, 4.69) is 19.9 Å². The van der Waals surface area contributed by atoms with E-state index in [4.69, 9.17) is 9.36 Å². The lowest BCUT2D eigenvalue weighted by atomic mass is 10.1. The van der Waals surface area contributed by atoms with Gasteiger partial charge in [-0.1, -0.05) is 44.6 Å². The molecule has 0 aliphatic carbocycles. The van der Waals surface area contributed by atoms with Crippen molar-refractivity contribution in [1.82, 2.24) is 14.7 Å². The highest BCUT2D eigenvalue weighted by Gasteiger charge is 2.26. The molecule has 1 aromatic carbocycles. The fraction of sp³-hybridized carbons (Fsp3) is 0.188. The van der Waals surface area contributed by atoms with E-state index < -0.39 is 5.97 Å². The van der Waals surface area contributed by atoms with Gasteiger partial charge in [-0.05, 0) is 37.9 Å². The van der Waals surface area contributed by atoms with Crippen molar-refractivity contribution in [2.45, 2.75) is 20.8 Å². The van der Waals surface area contributed by atoms with Gasteiger partial charge in [0, 0.05) is 0 Å². The van der Waals surface area contributed by atoms with Crippen LogP contribution in [0.5, 0.6) is 0 Å². The molecular weight excluding hydrogens is 328 g/mol. The molecule has 3 aromatic rings. The van der Waals surface area contributed by atoms with Crippen molar-refractivity contribution in [2.75, 3.05) is 0 Å². The minimum absolute atomic E-state index is 0.227. The lowest BCUT2D eigenvalue weighted by molar-refractivity contribution is 0.0519. The third-order valence-corrected chi connectivity index (χ3v) is 4.17. The lowest BCUT2D eigenvalue weighted by Crippen LogP contribution is -2.03. The Kier molecular flexibility index (Phi) is 4.48. The molecule has 0 radical (unpaired) electrons. The molecule has 24 heavy (non-hydrogen) atoms. The molecule has 0 unspecified atom stereocenters. The van der Waals surface area contributed by atoms with Crippen LogP contribution in [0.2, 0.25) is 0 Å². The summed E-state index contributed by atoms with van der Waals surface area (Å²) < 4.78 is 9.09. The smallest absolute Gasteiger partial charge is 0.354 e. The van der Waals surface area contributed by atoms with Crippen molar-refractivity contribution in [1.29, 1.82) is 0 Å². The third-order valence-electron chi connectivity index (χ3n) is 3.34. The van der Waals surface area contributed by atoms with E-state index in [0.717, 1.165) is 22.7 Å². The molecule has 0 atom stereocenters. The summed E-state index contributed by atoms with van der Waals surface area (Å²) in [6, 6.07) is 7.67. The summed E-state index contributed by atoms with van der Waals surface area (Å²) in [7, 11) is 0. The topological polar surface area (TPSA) is 90.5 Å². The van der Waals surface area contributed by atoms with Crippen molar-refractivity contribution in [3.8, 4) is 10.6 Å². The highest BCUT2D eigenvalue weighted by Crippen LogP contribution is 2.31. The maximum Gasteiger partial charge on any atom is 0.371 e. The summed E-state index contributed by atoms with van der Waals surface area (Å²) in [4.78, 5) is 17.9. The Balaban J connectivity index is 1.80. The molecule has 7 nitrogen and oxygen atoms in total. The molecule has 0 fully saturated rings. The Morgan fingerprint density at radius 1 is 1.21 bits per heavy atom. The second-order valence-electron chi connectivity index (χ2n) is 5.18. The van der Waals surface area contributed by atoms with Crippen molar-refractivity contribution in [3.63, 3.8) is 0 Å². The number of carbonyl (C=O) groups excluding carboxylic acids is 1. The van der Waals surface area contributed by atoms with Gasteiger partial charge in [0.15, 0.2) is 5.76 Å². The molecular formula is C16H14N4O3S. The zero-order valence-corrected chi connectivity index (χ0v) is 14.1. The average molecular weight is 342 g/mol. The predicted octanol–water partition coefficient (Wildman–Crippen LogP) is 3.31. The molecule has 0 saturated heterocycles. The number of nitrogens with zero attached hydrogens (tertiary/aromatic N) is 4. The molecule has 0 aliphatic rings. The summed E-state index contributed by atoms with van der Waals surface area (Å²) in [5.74, 6) is -0.338. The molecule has 0 amide bonds. The van der Waals surface area contributed by atoms with Crippen LogP contribution >= 0.6 is 11.5 Å². The number of aromatic nitrogens is 3. The van der Waals surface area contributed by atoms with Gasteiger partial charge in [-0.25, -0.2) is 4.79 Å². The van der Waals surface area contributed by atoms with Gasteiger partial charge >= 0.3 is 5.97 Å². The van der Waals surface area contributed by atoms with E-state index in [-0.39, 0.29) is 5.56 Å². The maximum atomic E-state index is 12.3. The summed E-state index contributed by atoms with van der Waals surface area (Å²) >= 11 is 1.13. The minimum atomic E-state index is -0.639. The molecule has 0 spiro atoms. The Morgan fingerprint density at radius 2 is 1.96 bits per heavy atom. The molecule has 0 bridgehead atoms. The number of benzene rings is 1. The fourth-order valence-electron chi connectivity index (χ4n) is 2.04. The number of oxime groups is 1. The van der Waals surface area contributed by atoms with E-state index in [1.807, 2.05) is 31.2 Å². The van der Waals surface area contributed by atoms with Gasteiger partial charge in [-0.2, -0.15) is 0 Å². The van der Waals surface area contributed by atoms with Crippen LogP contribution in [0.1, 0.15) is 32.9 Å². The monoisotopic (exact) mass is 342 g/mol. The molecule has 3 rings (SSSR count). The number of carbonyl (C=O) groups is 1. The van der Waals surface area contributed by atoms with Gasteiger partial charge in [0.2, 0.25) is 0 Å².